The SMILES string of the molecule is O.c1ccc2npccc2c1. The highest BCUT2D eigenvalue weighted by molar-refractivity contribution is 7.24. The van der Waals surface area contributed by atoms with Gasteiger partial charge in [-0.25, -0.2) is 4.75 Å². The van der Waals surface area contributed by atoms with Crippen LogP contribution in [0.3, 0.4) is 0 Å². The molecular weight excluding hydrogens is 157 g/mol. The van der Waals surface area contributed by atoms with E-state index in [0.29, 0.717) is 0 Å². The maximum atomic E-state index is 4.28. The minimum absolute atomic E-state index is 0. The van der Waals surface area contributed by atoms with Crippen molar-refractivity contribution in [2.75, 3.05) is 0 Å². The van der Waals surface area contributed by atoms with Gasteiger partial charge < -0.3 is 5.48 Å². The van der Waals surface area contributed by atoms with E-state index in [-0.39, 0.29) is 5.48 Å². The molecule has 1 aromatic carbocycles. The molecule has 0 aliphatic carbocycles. The van der Waals surface area contributed by atoms with Crippen molar-refractivity contribution in [1.82, 2.24) is 4.75 Å². The van der Waals surface area contributed by atoms with Gasteiger partial charge in [0.1, 0.15) is 0 Å². The van der Waals surface area contributed by atoms with Crippen LogP contribution in [0.25, 0.3) is 10.9 Å². The summed E-state index contributed by atoms with van der Waals surface area (Å²) in [7, 11) is 1.05. The molecular formula is C8H8NOP. The minimum Gasteiger partial charge on any atom is -0.412 e. The van der Waals surface area contributed by atoms with Crippen LogP contribution in [0.1, 0.15) is 0 Å². The summed E-state index contributed by atoms with van der Waals surface area (Å²) < 4.78 is 4.28. The number of rotatable bonds is 0. The summed E-state index contributed by atoms with van der Waals surface area (Å²) >= 11 is 0. The summed E-state index contributed by atoms with van der Waals surface area (Å²) in [5.41, 5.74) is 1.10. The van der Waals surface area contributed by atoms with Crippen LogP contribution in [0, 0.1) is 0 Å². The monoisotopic (exact) mass is 165 g/mol. The van der Waals surface area contributed by atoms with Crippen molar-refractivity contribution < 1.29 is 5.48 Å². The molecule has 0 saturated carbocycles. The summed E-state index contributed by atoms with van der Waals surface area (Å²) in [6.07, 6.45) is 0. The molecule has 0 aliphatic rings. The fourth-order valence-corrected chi connectivity index (χ4v) is 1.53. The molecule has 0 saturated heterocycles. The van der Waals surface area contributed by atoms with E-state index in [4.69, 9.17) is 0 Å². The molecule has 0 bridgehead atoms. The molecule has 2 aromatic rings. The predicted molar refractivity (Wildman–Crippen MR) is 47.9 cm³/mol. The van der Waals surface area contributed by atoms with E-state index < -0.39 is 0 Å². The molecule has 0 unspecified atom stereocenters. The number of hydrogen-bond donors (Lipinski definition) is 0. The van der Waals surface area contributed by atoms with E-state index in [1.165, 1.54) is 5.39 Å². The van der Waals surface area contributed by atoms with Crippen LogP contribution in [-0.4, -0.2) is 10.2 Å². The molecule has 0 atom stereocenters. The first-order chi connectivity index (χ1) is 4.97. The Hall–Kier alpha value is -0.980. The number of nitrogens with zero attached hydrogens (tertiary/aromatic N) is 1. The average Bonchev–Trinajstić information content (AvgIpc) is 2.05. The maximum Gasteiger partial charge on any atom is 0.0751 e. The Bertz CT molecular complexity index is 285. The highest BCUT2D eigenvalue weighted by Crippen LogP contribution is 2.12. The van der Waals surface area contributed by atoms with Gasteiger partial charge in [0.25, 0.3) is 0 Å². The number of hydrogen-bond acceptors (Lipinski definition) is 1. The Kier molecular flexibility index (Phi) is 2.53. The van der Waals surface area contributed by atoms with Crippen molar-refractivity contribution in [3.05, 3.63) is 36.1 Å². The minimum atomic E-state index is 0. The summed E-state index contributed by atoms with van der Waals surface area (Å²) in [5, 5.41) is 1.22. The Balaban J connectivity index is 0.000000605. The van der Waals surface area contributed by atoms with E-state index in [9.17, 15) is 0 Å². The van der Waals surface area contributed by atoms with Gasteiger partial charge in [-0.15, -0.1) is 0 Å². The lowest BCUT2D eigenvalue weighted by Gasteiger charge is -1.90. The predicted octanol–water partition coefficient (Wildman–Crippen LogP) is 1.99. The van der Waals surface area contributed by atoms with Gasteiger partial charge >= 0.3 is 0 Å². The van der Waals surface area contributed by atoms with Crippen molar-refractivity contribution in [2.24, 2.45) is 0 Å². The van der Waals surface area contributed by atoms with E-state index in [1.54, 1.807) is 0 Å². The molecule has 0 amide bonds. The molecule has 0 aliphatic heterocycles. The highest BCUT2D eigenvalue weighted by atomic mass is 31.0. The van der Waals surface area contributed by atoms with Gasteiger partial charge in [-0.1, -0.05) is 18.2 Å². The van der Waals surface area contributed by atoms with Gasteiger partial charge in [0.05, 0.1) is 5.52 Å². The summed E-state index contributed by atoms with van der Waals surface area (Å²) in [4.78, 5) is 0. The van der Waals surface area contributed by atoms with Gasteiger partial charge in [0.2, 0.25) is 0 Å². The standard InChI is InChI=1S/C8H6NP.H2O/c1-2-4-8-7(3-1)5-6-10-9-8;/h1-6H;1H2. The van der Waals surface area contributed by atoms with Crippen molar-refractivity contribution in [1.29, 1.82) is 0 Å². The number of benzene rings is 1. The first kappa shape index (κ1) is 8.12. The quantitative estimate of drug-likeness (QED) is 0.588. The Morgan fingerprint density at radius 2 is 1.91 bits per heavy atom. The fraction of sp³-hybridized carbons (Fsp3) is 0. The molecule has 3 heteroatoms. The third-order valence-corrected chi connectivity index (χ3v) is 2.04. The van der Waals surface area contributed by atoms with Gasteiger partial charge in [0, 0.05) is 13.7 Å². The summed E-state index contributed by atoms with van der Waals surface area (Å²) in [6, 6.07) is 10.2. The second-order valence-corrected chi connectivity index (χ2v) is 2.82. The Labute approximate surface area is 66.4 Å². The average molecular weight is 165 g/mol. The van der Waals surface area contributed by atoms with E-state index in [1.807, 2.05) is 24.0 Å². The zero-order chi connectivity index (χ0) is 6.81. The molecule has 1 aromatic heterocycles. The number of aromatic nitrogens is 1. The topological polar surface area (TPSA) is 44.4 Å². The Morgan fingerprint density at radius 3 is 2.73 bits per heavy atom. The van der Waals surface area contributed by atoms with Gasteiger partial charge in [0.15, 0.2) is 0 Å². The van der Waals surface area contributed by atoms with Crippen molar-refractivity contribution in [3.8, 4) is 0 Å². The van der Waals surface area contributed by atoms with Crippen LogP contribution < -0.4 is 0 Å². The van der Waals surface area contributed by atoms with Crippen LogP contribution in [0.15, 0.2) is 36.1 Å². The molecule has 1 heterocycles. The summed E-state index contributed by atoms with van der Waals surface area (Å²) in [5.74, 6) is 2.04. The first-order valence-electron chi connectivity index (χ1n) is 3.13. The van der Waals surface area contributed by atoms with Crippen molar-refractivity contribution in [2.45, 2.75) is 0 Å². The normalized spacial score (nSPS) is 9.82. The van der Waals surface area contributed by atoms with Crippen molar-refractivity contribution >= 4 is 19.3 Å². The highest BCUT2D eigenvalue weighted by Gasteiger charge is 1.87. The second kappa shape index (κ2) is 3.42. The van der Waals surface area contributed by atoms with E-state index >= 15 is 0 Å². The first-order valence-corrected chi connectivity index (χ1v) is 4.05. The molecule has 0 fully saturated rings. The lowest BCUT2D eigenvalue weighted by atomic mass is 10.2. The second-order valence-electron chi connectivity index (χ2n) is 2.09. The zero-order valence-corrected chi connectivity index (χ0v) is 6.75. The molecule has 56 valence electrons. The van der Waals surface area contributed by atoms with Gasteiger partial charge in [-0.2, -0.15) is 0 Å². The van der Waals surface area contributed by atoms with Gasteiger partial charge in [-0.05, 0) is 17.9 Å². The maximum absolute atomic E-state index is 4.28. The van der Waals surface area contributed by atoms with Crippen LogP contribution in [0.2, 0.25) is 0 Å². The lowest BCUT2D eigenvalue weighted by Crippen LogP contribution is -1.69. The molecule has 2 rings (SSSR count). The van der Waals surface area contributed by atoms with Crippen LogP contribution in [0.5, 0.6) is 0 Å². The van der Waals surface area contributed by atoms with Crippen LogP contribution in [0.4, 0.5) is 0 Å². The fourth-order valence-electron chi connectivity index (χ4n) is 0.929. The van der Waals surface area contributed by atoms with Crippen LogP contribution in [-0.2, 0) is 0 Å². The number of fused-ring (bicyclic) bond motifs is 1. The lowest BCUT2D eigenvalue weighted by molar-refractivity contribution is 0.824. The zero-order valence-electron chi connectivity index (χ0n) is 5.86. The third-order valence-electron chi connectivity index (χ3n) is 1.42. The molecule has 0 radical (unpaired) electrons. The van der Waals surface area contributed by atoms with Gasteiger partial charge in [-0.3, -0.25) is 0 Å². The molecule has 0 spiro atoms. The Morgan fingerprint density at radius 1 is 1.09 bits per heavy atom. The van der Waals surface area contributed by atoms with E-state index in [0.717, 1.165) is 13.9 Å². The van der Waals surface area contributed by atoms with Crippen LogP contribution >= 0.6 is 8.35 Å². The molecule has 11 heavy (non-hydrogen) atoms. The van der Waals surface area contributed by atoms with Crippen molar-refractivity contribution in [3.63, 3.8) is 0 Å². The smallest absolute Gasteiger partial charge is 0.0751 e. The molecule has 2 nitrogen and oxygen atoms in total. The third kappa shape index (κ3) is 1.53. The summed E-state index contributed by atoms with van der Waals surface area (Å²) in [6.45, 7) is 0. The van der Waals surface area contributed by atoms with E-state index in [2.05, 4.69) is 16.9 Å². The molecule has 2 N–H and O–H groups in total. The largest absolute Gasteiger partial charge is 0.412 e.